The highest BCUT2D eigenvalue weighted by Crippen LogP contribution is 2.34. The van der Waals surface area contributed by atoms with Crippen LogP contribution in [0.5, 0.6) is 0 Å². The number of pyridine rings is 1. The number of rotatable bonds is 6. The van der Waals surface area contributed by atoms with Crippen molar-refractivity contribution in [2.75, 3.05) is 24.5 Å². The van der Waals surface area contributed by atoms with Gasteiger partial charge in [0.1, 0.15) is 12.1 Å². The van der Waals surface area contributed by atoms with Crippen LogP contribution in [-0.2, 0) is 15.7 Å². The Morgan fingerprint density at radius 1 is 1.00 bits per heavy atom. The van der Waals surface area contributed by atoms with E-state index in [0.29, 0.717) is 17.4 Å². The van der Waals surface area contributed by atoms with E-state index in [1.165, 1.54) is 33.6 Å². The number of alkyl halides is 3. The van der Waals surface area contributed by atoms with Crippen molar-refractivity contribution in [1.29, 1.82) is 0 Å². The average Bonchev–Trinajstić information content (AvgIpc) is 2.95. The summed E-state index contributed by atoms with van der Waals surface area (Å²) in [6.07, 6.45) is -4.21. The maximum atomic E-state index is 13.3. The monoisotopic (exact) mass is 629 g/mol. The molecule has 1 fully saturated rings. The Kier molecular flexibility index (Phi) is 9.02. The molecular formula is C30H30F3N5O7. The number of amides is 3. The topological polar surface area (TPSA) is 144 Å². The molecule has 0 bridgehead atoms. The molecule has 3 aromatic rings. The molecule has 0 aliphatic carbocycles. The number of hydrogen-bond donors (Lipinski definition) is 1. The fourth-order valence-electron chi connectivity index (χ4n) is 4.58. The summed E-state index contributed by atoms with van der Waals surface area (Å²) in [6, 6.07) is 9.80. The molecule has 0 radical (unpaired) electrons. The number of carbonyl (C=O) groups excluding carboxylic acids is 3. The number of nitrogens with one attached hydrogen (secondary N) is 1. The zero-order valence-corrected chi connectivity index (χ0v) is 24.8. The van der Waals surface area contributed by atoms with Gasteiger partial charge in [-0.3, -0.25) is 34.0 Å². The Hall–Kier alpha value is -5.21. The first-order chi connectivity index (χ1) is 20.9. The van der Waals surface area contributed by atoms with Crippen molar-refractivity contribution in [2.45, 2.75) is 45.5 Å². The number of ether oxygens (including phenoxy) is 1. The van der Waals surface area contributed by atoms with Crippen molar-refractivity contribution in [1.82, 2.24) is 14.8 Å². The van der Waals surface area contributed by atoms with E-state index in [1.54, 1.807) is 45.0 Å². The lowest BCUT2D eigenvalue weighted by Gasteiger charge is -2.35. The van der Waals surface area contributed by atoms with E-state index >= 15 is 0 Å². The average molecular weight is 630 g/mol. The van der Waals surface area contributed by atoms with E-state index < -0.39 is 51.6 Å². The van der Waals surface area contributed by atoms with Crippen molar-refractivity contribution >= 4 is 29.3 Å². The van der Waals surface area contributed by atoms with E-state index in [0.717, 1.165) is 18.2 Å². The minimum atomic E-state index is -4.84. The number of nitrogens with zero attached hydrogens (tertiary/aromatic N) is 4. The van der Waals surface area contributed by atoms with Gasteiger partial charge < -0.3 is 15.0 Å². The molecule has 0 unspecified atom stereocenters. The van der Waals surface area contributed by atoms with Crippen LogP contribution < -0.4 is 15.8 Å². The summed E-state index contributed by atoms with van der Waals surface area (Å²) in [5.41, 5.74) is -2.63. The van der Waals surface area contributed by atoms with E-state index in [1.807, 2.05) is 0 Å². The summed E-state index contributed by atoms with van der Waals surface area (Å²) >= 11 is 0. The third kappa shape index (κ3) is 7.85. The predicted molar refractivity (Wildman–Crippen MR) is 156 cm³/mol. The zero-order chi connectivity index (χ0) is 33.3. The second-order valence-corrected chi connectivity index (χ2v) is 11.4. The Labute approximate surface area is 255 Å². The molecule has 2 aromatic carbocycles. The quantitative estimate of drug-likeness (QED) is 0.304. The molecular weight excluding hydrogens is 599 g/mol. The van der Waals surface area contributed by atoms with Gasteiger partial charge in [-0.25, -0.2) is 4.79 Å². The molecule has 1 aliphatic heterocycles. The Bertz CT molecular complexity index is 1710. The number of aromatic nitrogens is 1. The van der Waals surface area contributed by atoms with Gasteiger partial charge in [0.05, 0.1) is 27.8 Å². The van der Waals surface area contributed by atoms with E-state index in [4.69, 9.17) is 4.74 Å². The van der Waals surface area contributed by atoms with Crippen molar-refractivity contribution in [3.05, 3.63) is 98.0 Å². The van der Waals surface area contributed by atoms with Gasteiger partial charge >= 0.3 is 12.3 Å². The molecule has 0 saturated carbocycles. The van der Waals surface area contributed by atoms with Crippen molar-refractivity contribution < 1.29 is 37.2 Å². The highest BCUT2D eigenvalue weighted by molar-refractivity contribution is 5.97. The molecule has 1 N–H and O–H groups in total. The summed E-state index contributed by atoms with van der Waals surface area (Å²) in [7, 11) is 0. The molecule has 2 heterocycles. The first-order valence-corrected chi connectivity index (χ1v) is 13.7. The van der Waals surface area contributed by atoms with Crippen molar-refractivity contribution in [2.24, 2.45) is 0 Å². The number of carbonyl (C=O) groups is 3. The number of non-ortho nitro benzene ring substituents is 1. The maximum absolute atomic E-state index is 13.3. The Morgan fingerprint density at radius 3 is 2.31 bits per heavy atom. The summed E-state index contributed by atoms with van der Waals surface area (Å²) < 4.78 is 46.5. The van der Waals surface area contributed by atoms with Crippen molar-refractivity contribution in [3.8, 4) is 5.69 Å². The molecule has 1 atom stereocenters. The molecule has 238 valence electrons. The third-order valence-corrected chi connectivity index (χ3v) is 6.79. The number of nitro groups is 1. The lowest BCUT2D eigenvalue weighted by atomic mass is 10.0. The minimum absolute atomic E-state index is 0.0182. The first-order valence-electron chi connectivity index (χ1n) is 13.7. The van der Waals surface area contributed by atoms with Crippen LogP contribution in [0.1, 0.15) is 55.2 Å². The van der Waals surface area contributed by atoms with Crippen LogP contribution in [0.4, 0.5) is 29.3 Å². The van der Waals surface area contributed by atoms with Gasteiger partial charge in [0.15, 0.2) is 0 Å². The molecule has 1 saturated heterocycles. The highest BCUT2D eigenvalue weighted by atomic mass is 19.4. The van der Waals surface area contributed by atoms with Crippen LogP contribution in [0.2, 0.25) is 0 Å². The molecule has 1 aliphatic rings. The standard InChI is InChI=1S/C30H30F3N5O7/c1-18(20-12-21(30(31,32)33)14-24(13-20)38(43)44)34-27(41)19-8-9-25(39)37(16-19)23-7-5-6-22(15-23)36-11-10-35(17-26(36)40)28(42)45-29(2,3)4/h5-9,12-16,18H,10-11,17H2,1-4H3,(H,34,41)/t18-/m1/s1. The predicted octanol–water partition coefficient (Wildman–Crippen LogP) is 4.84. The van der Waals surface area contributed by atoms with Gasteiger partial charge in [-0.1, -0.05) is 6.07 Å². The van der Waals surface area contributed by atoms with Crippen LogP contribution in [0.15, 0.2) is 65.6 Å². The smallest absolute Gasteiger partial charge is 0.416 e. The molecule has 0 spiro atoms. The van der Waals surface area contributed by atoms with E-state index in [2.05, 4.69) is 5.32 Å². The van der Waals surface area contributed by atoms with Gasteiger partial charge in [0.25, 0.3) is 17.2 Å². The van der Waals surface area contributed by atoms with Crippen LogP contribution >= 0.6 is 0 Å². The van der Waals surface area contributed by atoms with Gasteiger partial charge in [-0.15, -0.1) is 0 Å². The fraction of sp³-hybridized carbons (Fsp3) is 0.333. The van der Waals surface area contributed by atoms with Gasteiger partial charge in [0.2, 0.25) is 5.91 Å². The van der Waals surface area contributed by atoms with Crippen LogP contribution in [0.3, 0.4) is 0 Å². The minimum Gasteiger partial charge on any atom is -0.444 e. The zero-order valence-electron chi connectivity index (χ0n) is 24.8. The molecule has 45 heavy (non-hydrogen) atoms. The van der Waals surface area contributed by atoms with Gasteiger partial charge in [-0.05, 0) is 63.6 Å². The molecule has 1 aromatic heterocycles. The summed E-state index contributed by atoms with van der Waals surface area (Å²) in [5.74, 6) is -1.12. The summed E-state index contributed by atoms with van der Waals surface area (Å²) in [4.78, 5) is 64.2. The van der Waals surface area contributed by atoms with Crippen LogP contribution in [0, 0.1) is 10.1 Å². The largest absolute Gasteiger partial charge is 0.444 e. The summed E-state index contributed by atoms with van der Waals surface area (Å²) in [6.45, 7) is 6.72. The van der Waals surface area contributed by atoms with E-state index in [-0.39, 0.29) is 36.7 Å². The molecule has 12 nitrogen and oxygen atoms in total. The second-order valence-electron chi connectivity index (χ2n) is 11.4. The first kappa shape index (κ1) is 32.7. The number of anilines is 1. The van der Waals surface area contributed by atoms with E-state index in [9.17, 15) is 42.5 Å². The number of benzene rings is 2. The van der Waals surface area contributed by atoms with Crippen molar-refractivity contribution in [3.63, 3.8) is 0 Å². The van der Waals surface area contributed by atoms with Crippen LogP contribution in [-0.4, -0.2) is 57.5 Å². The molecule has 3 amide bonds. The normalized spacial score (nSPS) is 14.6. The molecule has 4 rings (SSSR count). The number of halogens is 3. The van der Waals surface area contributed by atoms with Gasteiger partial charge in [0, 0.05) is 43.2 Å². The van der Waals surface area contributed by atoms with Gasteiger partial charge in [-0.2, -0.15) is 13.2 Å². The second kappa shape index (κ2) is 12.4. The Morgan fingerprint density at radius 2 is 1.69 bits per heavy atom. The maximum Gasteiger partial charge on any atom is 0.416 e. The number of hydrogen-bond acceptors (Lipinski definition) is 7. The number of piperazine rings is 1. The lowest BCUT2D eigenvalue weighted by Crippen LogP contribution is -2.53. The number of nitro benzene ring substituents is 1. The fourth-order valence-corrected chi connectivity index (χ4v) is 4.58. The lowest BCUT2D eigenvalue weighted by molar-refractivity contribution is -0.385. The van der Waals surface area contributed by atoms with Crippen LogP contribution in [0.25, 0.3) is 5.69 Å². The SMILES string of the molecule is C[C@@H](NC(=O)c1ccc(=O)n(-c2cccc(N3CCN(C(=O)OC(C)(C)C)CC3=O)c2)c1)c1cc([N+](=O)[O-])cc(C(F)(F)F)c1. The third-order valence-electron chi connectivity index (χ3n) is 6.79. The molecule has 15 heteroatoms. The Balaban J connectivity index is 1.54. The summed E-state index contributed by atoms with van der Waals surface area (Å²) in [5, 5.41) is 13.7. The highest BCUT2D eigenvalue weighted by Gasteiger charge is 2.34.